The molecule has 0 aliphatic carbocycles. The summed E-state index contributed by atoms with van der Waals surface area (Å²) in [7, 11) is 1.63. The van der Waals surface area contributed by atoms with E-state index < -0.39 is 10.0 Å². The Morgan fingerprint density at radius 2 is 0.617 bits per heavy atom. The van der Waals surface area contributed by atoms with E-state index in [1.807, 2.05) is 120 Å². The van der Waals surface area contributed by atoms with Crippen LogP contribution in [-0.4, -0.2) is 106 Å². The van der Waals surface area contributed by atoms with Gasteiger partial charge in [0.05, 0.1) is 25.0 Å². The van der Waals surface area contributed by atoms with Crippen molar-refractivity contribution in [3.63, 3.8) is 0 Å². The third-order valence-corrected chi connectivity index (χ3v) is 24.5. The minimum absolute atomic E-state index is 0.0559. The average molecular weight is 1900 g/mol. The number of ether oxygens (including phenoxy) is 1. The molecular formula is C123H140N10O7S. The molecule has 1 fully saturated rings. The van der Waals surface area contributed by atoms with E-state index in [0.717, 1.165) is 78.6 Å². The Hall–Kier alpha value is -14.6. The van der Waals surface area contributed by atoms with Gasteiger partial charge < -0.3 is 25.6 Å². The monoisotopic (exact) mass is 1900 g/mol. The van der Waals surface area contributed by atoms with Crippen LogP contribution in [0.2, 0.25) is 0 Å². The van der Waals surface area contributed by atoms with Gasteiger partial charge in [0.15, 0.2) is 0 Å². The summed E-state index contributed by atoms with van der Waals surface area (Å²) in [6.07, 6.45) is 7.99. The normalized spacial score (nSPS) is 12.0. The second kappa shape index (κ2) is 48.8. The van der Waals surface area contributed by atoms with Crippen molar-refractivity contribution in [1.29, 1.82) is 10.5 Å². The summed E-state index contributed by atoms with van der Waals surface area (Å²) >= 11 is 0. The van der Waals surface area contributed by atoms with Gasteiger partial charge in [-0.3, -0.25) is 33.9 Å². The largest absolute Gasteiger partial charge is 0.378 e. The number of hydrogen-bond acceptors (Lipinski definition) is 12. The highest BCUT2D eigenvalue weighted by Crippen LogP contribution is 2.35. The molecule has 0 radical (unpaired) electrons. The molecule has 14 aromatic rings. The number of anilines is 1. The molecular weight excluding hydrogens is 1760 g/mol. The zero-order valence-electron chi connectivity index (χ0n) is 86.9. The number of hydrogen-bond donors (Lipinski definition) is 4. The number of amides is 4. The molecule has 17 nitrogen and oxygen atoms in total. The van der Waals surface area contributed by atoms with Gasteiger partial charge in [-0.1, -0.05) is 370 Å². The van der Waals surface area contributed by atoms with E-state index in [9.17, 15) is 27.6 Å². The van der Waals surface area contributed by atoms with Crippen molar-refractivity contribution in [2.45, 2.75) is 183 Å². The lowest BCUT2D eigenvalue weighted by Crippen LogP contribution is -2.40. The summed E-state index contributed by atoms with van der Waals surface area (Å²) in [4.78, 5) is 61.3. The number of nitrogens with zero attached hydrogens (tertiary/aromatic N) is 6. The number of rotatable bonds is 13. The molecule has 1 aliphatic heterocycles. The first-order valence-corrected chi connectivity index (χ1v) is 49.6. The lowest BCUT2D eigenvalue weighted by Gasteiger charge is -2.26. The van der Waals surface area contributed by atoms with Gasteiger partial charge >= 0.3 is 0 Å². The smallest absolute Gasteiger partial charge is 0.269 e. The fraction of sp³-hybridized carbons (Fsp3) is 0.293. The predicted octanol–water partition coefficient (Wildman–Crippen LogP) is 27.4. The molecule has 0 saturated carbocycles. The van der Waals surface area contributed by atoms with Crippen LogP contribution in [0.3, 0.4) is 0 Å². The van der Waals surface area contributed by atoms with Crippen LogP contribution in [0.15, 0.2) is 322 Å². The Kier molecular flexibility index (Phi) is 38.1. The van der Waals surface area contributed by atoms with E-state index >= 15 is 0 Å². The Bertz CT molecular complexity index is 6540. The third-order valence-electron chi connectivity index (χ3n) is 23.9. The van der Waals surface area contributed by atoms with E-state index in [1.54, 1.807) is 64.1 Å². The molecule has 4 amide bonds. The summed E-state index contributed by atoms with van der Waals surface area (Å²) in [5, 5.41) is 25.4. The number of nitrogens with one attached hydrogen (secondary N) is 4. The number of carbonyl (C=O) groups is 4. The number of nitriles is 2. The first-order chi connectivity index (χ1) is 66.3. The minimum atomic E-state index is -3.25. The molecule has 4 heterocycles. The van der Waals surface area contributed by atoms with Gasteiger partial charge in [-0.25, -0.2) is 13.4 Å². The molecule has 0 unspecified atom stereocenters. The van der Waals surface area contributed by atoms with E-state index in [-0.39, 0.29) is 61.5 Å². The maximum Gasteiger partial charge on any atom is 0.269 e. The Balaban J connectivity index is 0.000000184. The summed E-state index contributed by atoms with van der Waals surface area (Å²) in [6, 6.07) is 104. The number of aromatic nitrogens is 3. The van der Waals surface area contributed by atoms with E-state index in [1.165, 1.54) is 50.1 Å². The van der Waals surface area contributed by atoms with Gasteiger partial charge in [0.1, 0.15) is 23.5 Å². The summed E-state index contributed by atoms with van der Waals surface area (Å²) < 4.78 is 30.4. The summed E-state index contributed by atoms with van der Waals surface area (Å²) in [5.74, 6) is -0.189. The Morgan fingerprint density at radius 3 is 0.936 bits per heavy atom. The van der Waals surface area contributed by atoms with E-state index in [4.69, 9.17) is 15.3 Å². The molecule has 18 heteroatoms. The van der Waals surface area contributed by atoms with Crippen LogP contribution in [0.1, 0.15) is 237 Å². The van der Waals surface area contributed by atoms with Gasteiger partial charge in [0, 0.05) is 98.1 Å². The SMILES string of the molecule is CC(C)(C)c1ccc(-c2ccc(C#N)nc2)cc1.CC(C)(C)c1ccc(-c2ccc(C(=O)N3CCOCC3)cc2)cc1.CC(C)(C)c1ccc(-c2cccc(NS(C)(=O)=O)c2)cc1.CC(C)(C)c1ccc(-c2cncc(C#N)c2)cc1.CNC(=O)c1ccc(-c2ccc(C(C)(C)C)cc2)cc1.CNC(=O)c1ccc(-c2ccc(C(C)(C)C)cc2)cn1.CNC(=O)c1cccc(-c2ccc(C(C)(C)C)cc2)c1. The molecule has 730 valence electrons. The van der Waals surface area contributed by atoms with Crippen molar-refractivity contribution < 1.29 is 32.3 Å². The second-order valence-corrected chi connectivity index (χ2v) is 43.9. The number of morpholine rings is 1. The van der Waals surface area contributed by atoms with E-state index in [2.05, 4.69) is 357 Å². The zero-order valence-corrected chi connectivity index (χ0v) is 87.7. The predicted molar refractivity (Wildman–Crippen MR) is 582 cm³/mol. The van der Waals surface area contributed by atoms with Crippen LogP contribution in [0.4, 0.5) is 5.69 Å². The highest BCUT2D eigenvalue weighted by molar-refractivity contribution is 7.92. The Labute approximate surface area is 838 Å². The van der Waals surface area contributed by atoms with Gasteiger partial charge in [0.25, 0.3) is 23.6 Å². The highest BCUT2D eigenvalue weighted by Gasteiger charge is 2.23. The average Bonchev–Trinajstić information content (AvgIpc) is 0.844. The maximum atomic E-state index is 12.5. The summed E-state index contributed by atoms with van der Waals surface area (Å²) in [5.41, 5.74) is 29.6. The van der Waals surface area contributed by atoms with Crippen LogP contribution in [-0.2, 0) is 52.7 Å². The van der Waals surface area contributed by atoms with Crippen molar-refractivity contribution in [2.24, 2.45) is 0 Å². The topological polar surface area (TPSA) is 249 Å². The first kappa shape index (κ1) is 110. The lowest BCUT2D eigenvalue weighted by atomic mass is 9.86. The van der Waals surface area contributed by atoms with Crippen molar-refractivity contribution in [2.75, 3.05) is 58.4 Å². The highest BCUT2D eigenvalue weighted by atomic mass is 32.2. The zero-order chi connectivity index (χ0) is 103. The fourth-order valence-corrected chi connectivity index (χ4v) is 15.5. The number of pyridine rings is 3. The van der Waals surface area contributed by atoms with Crippen molar-refractivity contribution in [3.8, 4) is 90.0 Å². The van der Waals surface area contributed by atoms with Crippen LogP contribution in [0.5, 0.6) is 0 Å². The van der Waals surface area contributed by atoms with Crippen LogP contribution < -0.4 is 20.7 Å². The molecule has 3 aromatic heterocycles. The number of carbonyl (C=O) groups excluding carboxylic acids is 4. The standard InChI is InChI=1S/C21H25NO2.2C18H21NO.C17H20N2O.C17H21NO2S.2C16H16N2/c1-21(2,3)19-10-8-17(9-11-19)16-4-6-18(7-5-16)20(23)22-12-14-24-15-13-22;1-18(2,3)16-11-9-14(10-12-16)13-5-7-15(8-6-13)17(20)19-4;1-18(2,3)16-10-8-13(9-11-16)14-6-5-7-15(12-14)17(20)19-4;1-17(2,3)14-8-5-12(6-9-14)13-7-10-15(19-11-13)16(20)18-4;1-17(2,3)15-10-8-13(9-11-15)14-6-5-7-16(12-14)18-21(4,19)20;1-16(2,3)14-7-4-12(5-8-14)13-6-9-15(10-17)18-11-13;1-16(2,3)15-6-4-13(5-7-15)14-8-12(9-17)10-18-11-14/h4-11H,12-15H2,1-3H3;2*5-12H,1-4H3,(H,19,20);5-11H,1-4H3,(H,18,20);5-12,18H,1-4H3;4-9,11H,1-3H3;4-8,10-11H,1-3H3. The second-order valence-electron chi connectivity index (χ2n) is 42.2. The number of sulfonamides is 1. The van der Waals surface area contributed by atoms with Crippen molar-refractivity contribution >= 4 is 39.3 Å². The molecule has 1 aliphatic rings. The Morgan fingerprint density at radius 1 is 0.312 bits per heavy atom. The van der Waals surface area contributed by atoms with Crippen LogP contribution in [0.25, 0.3) is 77.9 Å². The van der Waals surface area contributed by atoms with Gasteiger partial charge in [-0.15, -0.1) is 0 Å². The molecule has 0 bridgehead atoms. The molecule has 141 heavy (non-hydrogen) atoms. The van der Waals surface area contributed by atoms with Gasteiger partial charge in [-0.2, -0.15) is 10.5 Å². The van der Waals surface area contributed by atoms with Crippen molar-refractivity contribution in [3.05, 3.63) is 395 Å². The molecule has 0 atom stereocenters. The van der Waals surface area contributed by atoms with Crippen molar-refractivity contribution in [1.82, 2.24) is 35.8 Å². The third kappa shape index (κ3) is 33.6. The van der Waals surface area contributed by atoms with Crippen LogP contribution >= 0.6 is 0 Å². The molecule has 4 N–H and O–H groups in total. The molecule has 15 rings (SSSR count). The van der Waals surface area contributed by atoms with Crippen LogP contribution in [0, 0.1) is 22.7 Å². The minimum Gasteiger partial charge on any atom is -0.378 e. The molecule has 0 spiro atoms. The fourth-order valence-electron chi connectivity index (χ4n) is 14.9. The number of benzene rings is 11. The van der Waals surface area contributed by atoms with Gasteiger partial charge in [0.2, 0.25) is 10.0 Å². The molecule has 1 saturated heterocycles. The maximum absolute atomic E-state index is 12.5. The first-order valence-electron chi connectivity index (χ1n) is 47.7. The summed E-state index contributed by atoms with van der Waals surface area (Å²) in [6.45, 7) is 48.8. The quantitative estimate of drug-likeness (QED) is 0.0841. The molecule has 11 aromatic carbocycles. The lowest BCUT2D eigenvalue weighted by molar-refractivity contribution is 0.0303. The van der Waals surface area contributed by atoms with Gasteiger partial charge in [-0.05, 0) is 211 Å². The van der Waals surface area contributed by atoms with E-state index in [0.29, 0.717) is 60.1 Å².